The average Bonchev–Trinajstić information content (AvgIpc) is 3.30. The molecule has 0 fully saturated rings. The minimum absolute atomic E-state index is 0.0582. The van der Waals surface area contributed by atoms with E-state index in [1.165, 1.54) is 26.8 Å². The molecule has 0 bridgehead atoms. The van der Waals surface area contributed by atoms with Gasteiger partial charge in [-0.15, -0.1) is 0 Å². The third kappa shape index (κ3) is 3.24. The van der Waals surface area contributed by atoms with Crippen molar-refractivity contribution in [1.29, 1.82) is 0 Å². The first-order valence-corrected chi connectivity index (χ1v) is 10.4. The quantitative estimate of drug-likeness (QED) is 0.430. The number of aryl methyl sites for hydroxylation is 4. The summed E-state index contributed by atoms with van der Waals surface area (Å²) in [5.74, 6) is 0.259. The molecular formula is C24H22FN5O2. The van der Waals surface area contributed by atoms with Gasteiger partial charge in [-0.25, -0.2) is 9.18 Å². The predicted molar refractivity (Wildman–Crippen MR) is 121 cm³/mol. The maximum Gasteiger partial charge on any atom is 0.332 e. The van der Waals surface area contributed by atoms with Crippen molar-refractivity contribution in [3.05, 3.63) is 104 Å². The molecule has 162 valence electrons. The normalized spacial score (nSPS) is 11.6. The van der Waals surface area contributed by atoms with Crippen LogP contribution in [-0.2, 0) is 26.6 Å². The third-order valence-electron chi connectivity index (χ3n) is 5.86. The Morgan fingerprint density at radius 1 is 0.938 bits per heavy atom. The van der Waals surface area contributed by atoms with Crippen LogP contribution >= 0.6 is 0 Å². The highest BCUT2D eigenvalue weighted by Gasteiger charge is 2.20. The van der Waals surface area contributed by atoms with E-state index in [4.69, 9.17) is 0 Å². The Hall–Kier alpha value is -3.94. The maximum atomic E-state index is 13.4. The average molecular weight is 431 g/mol. The molecule has 32 heavy (non-hydrogen) atoms. The number of rotatable bonds is 5. The van der Waals surface area contributed by atoms with E-state index in [0.717, 1.165) is 12.1 Å². The second-order valence-corrected chi connectivity index (χ2v) is 7.97. The molecule has 0 atom stereocenters. The first kappa shape index (κ1) is 20.0. The summed E-state index contributed by atoms with van der Waals surface area (Å²) in [6, 6.07) is 15.9. The summed E-state index contributed by atoms with van der Waals surface area (Å²) in [5, 5.41) is 0. The van der Waals surface area contributed by atoms with Crippen LogP contribution in [-0.4, -0.2) is 23.1 Å². The number of hydrogen-bond acceptors (Lipinski definition) is 3. The van der Waals surface area contributed by atoms with Crippen molar-refractivity contribution in [2.45, 2.75) is 26.4 Å². The fraction of sp³-hybridized carbons (Fsp3) is 0.208. The van der Waals surface area contributed by atoms with Gasteiger partial charge in [-0.1, -0.05) is 42.5 Å². The molecule has 0 aliphatic heterocycles. The van der Waals surface area contributed by atoms with Crippen molar-refractivity contribution in [2.24, 2.45) is 7.05 Å². The minimum atomic E-state index is -0.458. The molecule has 8 heteroatoms. The monoisotopic (exact) mass is 431 g/mol. The number of halogens is 1. The van der Waals surface area contributed by atoms with Gasteiger partial charge >= 0.3 is 5.69 Å². The molecule has 5 aromatic rings. The first-order chi connectivity index (χ1) is 15.4. The Bertz CT molecular complexity index is 1560. The number of fused-ring (bicyclic) bond motifs is 3. The van der Waals surface area contributed by atoms with Crippen molar-refractivity contribution in [2.75, 3.05) is 0 Å². The van der Waals surface area contributed by atoms with Gasteiger partial charge in [-0.3, -0.25) is 18.3 Å². The highest BCUT2D eigenvalue weighted by molar-refractivity contribution is 5.75. The number of benzene rings is 2. The Kier molecular flexibility index (Phi) is 4.77. The molecule has 3 heterocycles. The number of imidazole rings is 2. The van der Waals surface area contributed by atoms with Gasteiger partial charge in [0.05, 0.1) is 6.54 Å². The Labute approximate surface area is 182 Å². The predicted octanol–water partition coefficient (Wildman–Crippen LogP) is 2.89. The van der Waals surface area contributed by atoms with E-state index in [1.54, 1.807) is 23.6 Å². The molecule has 0 unspecified atom stereocenters. The van der Waals surface area contributed by atoms with Gasteiger partial charge < -0.3 is 4.57 Å². The first-order valence-electron chi connectivity index (χ1n) is 10.4. The SMILES string of the molecule is Cc1cn2c3c(=O)n(Cc4ccc(F)cc4)c(=O)n(C)c3nc2n1CCc1ccccc1. The van der Waals surface area contributed by atoms with E-state index in [2.05, 4.69) is 21.7 Å². The van der Waals surface area contributed by atoms with E-state index >= 15 is 0 Å². The maximum absolute atomic E-state index is 13.4. The van der Waals surface area contributed by atoms with Gasteiger partial charge in [0.2, 0.25) is 5.78 Å². The van der Waals surface area contributed by atoms with Crippen LogP contribution in [0.3, 0.4) is 0 Å². The van der Waals surface area contributed by atoms with Gasteiger partial charge in [0, 0.05) is 25.5 Å². The molecule has 2 aromatic carbocycles. The van der Waals surface area contributed by atoms with Crippen LogP contribution in [0.1, 0.15) is 16.8 Å². The third-order valence-corrected chi connectivity index (χ3v) is 5.86. The van der Waals surface area contributed by atoms with Crippen molar-refractivity contribution in [1.82, 2.24) is 23.1 Å². The van der Waals surface area contributed by atoms with Crippen LogP contribution in [0, 0.1) is 12.7 Å². The zero-order valence-electron chi connectivity index (χ0n) is 17.8. The summed E-state index contributed by atoms with van der Waals surface area (Å²) >= 11 is 0. The summed E-state index contributed by atoms with van der Waals surface area (Å²) in [5.41, 5.74) is 2.68. The molecule has 0 radical (unpaired) electrons. The van der Waals surface area contributed by atoms with Gasteiger partial charge in [-0.05, 0) is 36.6 Å². The summed E-state index contributed by atoms with van der Waals surface area (Å²) in [4.78, 5) is 30.9. The van der Waals surface area contributed by atoms with E-state index in [0.29, 0.717) is 29.0 Å². The van der Waals surface area contributed by atoms with Crippen LogP contribution < -0.4 is 11.2 Å². The summed E-state index contributed by atoms with van der Waals surface area (Å²) in [7, 11) is 1.61. The zero-order chi connectivity index (χ0) is 22.4. The van der Waals surface area contributed by atoms with Crippen LogP contribution in [0.5, 0.6) is 0 Å². The zero-order valence-corrected chi connectivity index (χ0v) is 17.8. The summed E-state index contributed by atoms with van der Waals surface area (Å²) in [6.07, 6.45) is 2.70. The van der Waals surface area contributed by atoms with Crippen molar-refractivity contribution < 1.29 is 4.39 Å². The van der Waals surface area contributed by atoms with Crippen LogP contribution in [0.2, 0.25) is 0 Å². The van der Waals surface area contributed by atoms with Gasteiger partial charge in [0.25, 0.3) is 5.56 Å². The second-order valence-electron chi connectivity index (χ2n) is 7.97. The topological polar surface area (TPSA) is 66.2 Å². The molecule has 3 aromatic heterocycles. The van der Waals surface area contributed by atoms with Crippen LogP contribution in [0.25, 0.3) is 16.9 Å². The second kappa shape index (κ2) is 7.64. The number of nitrogens with zero attached hydrogens (tertiary/aromatic N) is 5. The molecule has 0 saturated carbocycles. The molecule has 0 amide bonds. The van der Waals surface area contributed by atoms with Crippen molar-refractivity contribution in [3.63, 3.8) is 0 Å². The number of hydrogen-bond donors (Lipinski definition) is 0. The van der Waals surface area contributed by atoms with E-state index in [9.17, 15) is 14.0 Å². The lowest BCUT2D eigenvalue weighted by atomic mass is 10.1. The molecule has 0 spiro atoms. The lowest BCUT2D eigenvalue weighted by Crippen LogP contribution is -2.39. The molecule has 5 rings (SSSR count). The number of aromatic nitrogens is 5. The Balaban J connectivity index is 1.63. The smallest absolute Gasteiger partial charge is 0.314 e. The fourth-order valence-electron chi connectivity index (χ4n) is 4.13. The van der Waals surface area contributed by atoms with Crippen molar-refractivity contribution in [3.8, 4) is 0 Å². The Morgan fingerprint density at radius 2 is 1.66 bits per heavy atom. The lowest BCUT2D eigenvalue weighted by molar-refractivity contribution is 0.623. The van der Waals surface area contributed by atoms with E-state index in [-0.39, 0.29) is 12.4 Å². The highest BCUT2D eigenvalue weighted by Crippen LogP contribution is 2.17. The van der Waals surface area contributed by atoms with Gasteiger partial charge in [0.15, 0.2) is 11.2 Å². The van der Waals surface area contributed by atoms with Gasteiger partial charge in [0.1, 0.15) is 5.82 Å². The summed E-state index contributed by atoms with van der Waals surface area (Å²) < 4.78 is 19.6. The largest absolute Gasteiger partial charge is 0.332 e. The molecule has 0 saturated heterocycles. The molecular weight excluding hydrogens is 409 g/mol. The molecule has 0 aliphatic carbocycles. The molecule has 0 aliphatic rings. The van der Waals surface area contributed by atoms with E-state index in [1.807, 2.05) is 31.3 Å². The standard InChI is InChI=1S/C24H22FN5O2/c1-16-14-29-20-21(26-23(29)28(16)13-12-17-6-4-3-5-7-17)27(2)24(32)30(22(20)31)15-18-8-10-19(25)11-9-18/h3-11,14H,12-13,15H2,1-2H3. The Morgan fingerprint density at radius 3 is 2.38 bits per heavy atom. The molecule has 7 nitrogen and oxygen atoms in total. The van der Waals surface area contributed by atoms with Crippen LogP contribution in [0.4, 0.5) is 4.39 Å². The lowest BCUT2D eigenvalue weighted by Gasteiger charge is -2.08. The molecule has 0 N–H and O–H groups in total. The van der Waals surface area contributed by atoms with Gasteiger partial charge in [-0.2, -0.15) is 4.98 Å². The highest BCUT2D eigenvalue weighted by atomic mass is 19.1. The minimum Gasteiger partial charge on any atom is -0.314 e. The van der Waals surface area contributed by atoms with Crippen molar-refractivity contribution >= 4 is 16.9 Å². The van der Waals surface area contributed by atoms with E-state index < -0.39 is 11.2 Å². The summed E-state index contributed by atoms with van der Waals surface area (Å²) in [6.45, 7) is 2.74. The fourth-order valence-corrected chi connectivity index (χ4v) is 4.13. The van der Waals surface area contributed by atoms with Crippen LogP contribution in [0.15, 0.2) is 70.4 Å².